The number of hydrogen-bond donors (Lipinski definition) is 3. The molecule has 0 aromatic heterocycles. The first-order valence-electron chi connectivity index (χ1n) is 11.7. The van der Waals surface area contributed by atoms with Crippen LogP contribution in [0.2, 0.25) is 0 Å². The topological polar surface area (TPSA) is 94.0 Å². The zero-order chi connectivity index (χ0) is 23.5. The van der Waals surface area contributed by atoms with Gasteiger partial charge in [0.2, 0.25) is 0 Å². The SMILES string of the molecule is O=C(N[C@H](Cc1ccc2ccccc2c1)[C@@H](O)[C@H]1CCCN1)C1=NN(c2ccccc2)C(=O)C1. The Hall–Kier alpha value is -3.55. The first-order chi connectivity index (χ1) is 16.6. The van der Waals surface area contributed by atoms with E-state index in [0.29, 0.717) is 12.1 Å². The number of hydrogen-bond acceptors (Lipinski definition) is 5. The molecule has 174 valence electrons. The quantitative estimate of drug-likeness (QED) is 0.510. The molecule has 3 N–H and O–H groups in total. The van der Waals surface area contributed by atoms with Gasteiger partial charge in [0.1, 0.15) is 5.71 Å². The van der Waals surface area contributed by atoms with Crippen LogP contribution in [0.15, 0.2) is 77.9 Å². The molecular formula is C27H28N4O3. The van der Waals surface area contributed by atoms with Crippen LogP contribution in [0.3, 0.4) is 0 Å². The Morgan fingerprint density at radius 3 is 2.62 bits per heavy atom. The average molecular weight is 457 g/mol. The highest BCUT2D eigenvalue weighted by atomic mass is 16.3. The van der Waals surface area contributed by atoms with Crippen LogP contribution in [0.25, 0.3) is 10.8 Å². The number of aliphatic hydroxyl groups excluding tert-OH is 1. The lowest BCUT2D eigenvalue weighted by Gasteiger charge is -2.28. The van der Waals surface area contributed by atoms with Crippen LogP contribution in [0.4, 0.5) is 5.69 Å². The molecule has 0 saturated carbocycles. The Morgan fingerprint density at radius 1 is 1.09 bits per heavy atom. The Labute approximate surface area is 198 Å². The van der Waals surface area contributed by atoms with Crippen molar-refractivity contribution in [3.8, 4) is 0 Å². The van der Waals surface area contributed by atoms with Gasteiger partial charge in [-0.05, 0) is 54.3 Å². The first-order valence-corrected chi connectivity index (χ1v) is 11.7. The molecule has 1 saturated heterocycles. The predicted octanol–water partition coefficient (Wildman–Crippen LogP) is 2.77. The highest BCUT2D eigenvalue weighted by molar-refractivity contribution is 6.44. The van der Waals surface area contributed by atoms with E-state index in [1.807, 2.05) is 36.4 Å². The van der Waals surface area contributed by atoms with Crippen molar-refractivity contribution in [2.24, 2.45) is 5.10 Å². The van der Waals surface area contributed by atoms with E-state index in [1.165, 1.54) is 5.01 Å². The molecular weight excluding hydrogens is 428 g/mol. The molecule has 3 aromatic rings. The number of carbonyl (C=O) groups is 2. The van der Waals surface area contributed by atoms with Gasteiger partial charge in [-0.1, -0.05) is 60.7 Å². The van der Waals surface area contributed by atoms with Gasteiger partial charge in [-0.2, -0.15) is 10.1 Å². The minimum atomic E-state index is -0.763. The summed E-state index contributed by atoms with van der Waals surface area (Å²) < 4.78 is 0. The van der Waals surface area contributed by atoms with E-state index >= 15 is 0 Å². The fraction of sp³-hybridized carbons (Fsp3) is 0.296. The fourth-order valence-electron chi connectivity index (χ4n) is 4.74. The lowest BCUT2D eigenvalue weighted by Crippen LogP contribution is -2.53. The maximum atomic E-state index is 13.1. The lowest BCUT2D eigenvalue weighted by molar-refractivity contribution is -0.119. The van der Waals surface area contributed by atoms with E-state index in [0.717, 1.165) is 35.7 Å². The Balaban J connectivity index is 1.36. The Kier molecular flexibility index (Phi) is 6.38. The molecule has 2 aliphatic heterocycles. The van der Waals surface area contributed by atoms with Crippen LogP contribution < -0.4 is 15.6 Å². The van der Waals surface area contributed by atoms with Gasteiger partial charge in [0.15, 0.2) is 0 Å². The van der Waals surface area contributed by atoms with E-state index in [2.05, 4.69) is 40.0 Å². The molecule has 0 radical (unpaired) electrons. The molecule has 3 aromatic carbocycles. The van der Waals surface area contributed by atoms with E-state index in [4.69, 9.17) is 0 Å². The lowest BCUT2D eigenvalue weighted by atomic mass is 9.94. The summed E-state index contributed by atoms with van der Waals surface area (Å²) in [6.45, 7) is 0.853. The van der Waals surface area contributed by atoms with Crippen LogP contribution in [0, 0.1) is 0 Å². The summed E-state index contributed by atoms with van der Waals surface area (Å²) in [5.41, 5.74) is 1.80. The molecule has 0 aliphatic carbocycles. The summed E-state index contributed by atoms with van der Waals surface area (Å²) >= 11 is 0. The van der Waals surface area contributed by atoms with Gasteiger partial charge in [-0.15, -0.1) is 0 Å². The molecule has 2 aliphatic rings. The Bertz CT molecular complexity index is 1220. The van der Waals surface area contributed by atoms with E-state index in [1.54, 1.807) is 12.1 Å². The second-order valence-corrected chi connectivity index (χ2v) is 8.92. The largest absolute Gasteiger partial charge is 0.389 e. The van der Waals surface area contributed by atoms with Crippen LogP contribution >= 0.6 is 0 Å². The summed E-state index contributed by atoms with van der Waals surface area (Å²) in [7, 11) is 0. The van der Waals surface area contributed by atoms with Crippen molar-refractivity contribution in [2.45, 2.75) is 43.9 Å². The number of nitrogens with one attached hydrogen (secondary N) is 2. The molecule has 34 heavy (non-hydrogen) atoms. The first kappa shape index (κ1) is 22.3. The van der Waals surface area contributed by atoms with Crippen molar-refractivity contribution in [3.63, 3.8) is 0 Å². The van der Waals surface area contributed by atoms with Crippen molar-refractivity contribution in [1.29, 1.82) is 0 Å². The second-order valence-electron chi connectivity index (χ2n) is 8.92. The van der Waals surface area contributed by atoms with Gasteiger partial charge in [-0.25, -0.2) is 0 Å². The van der Waals surface area contributed by atoms with Crippen LogP contribution in [0.1, 0.15) is 24.8 Å². The number of benzene rings is 3. The van der Waals surface area contributed by atoms with E-state index in [9.17, 15) is 14.7 Å². The zero-order valence-electron chi connectivity index (χ0n) is 18.9. The average Bonchev–Trinajstić information content (AvgIpc) is 3.54. The summed E-state index contributed by atoms with van der Waals surface area (Å²) in [4.78, 5) is 25.7. The van der Waals surface area contributed by atoms with Gasteiger partial charge in [0, 0.05) is 6.04 Å². The minimum absolute atomic E-state index is 0.0683. The Morgan fingerprint density at radius 2 is 1.85 bits per heavy atom. The maximum absolute atomic E-state index is 13.1. The summed E-state index contributed by atoms with van der Waals surface area (Å²) in [6, 6.07) is 22.7. The number of anilines is 1. The number of hydrazone groups is 1. The summed E-state index contributed by atoms with van der Waals surface area (Å²) in [6.07, 6.45) is 1.49. The second kappa shape index (κ2) is 9.75. The van der Waals surface area contributed by atoms with Crippen molar-refractivity contribution in [1.82, 2.24) is 10.6 Å². The van der Waals surface area contributed by atoms with Crippen molar-refractivity contribution in [2.75, 3.05) is 11.6 Å². The fourth-order valence-corrected chi connectivity index (χ4v) is 4.74. The van der Waals surface area contributed by atoms with Crippen LogP contribution in [-0.2, 0) is 16.0 Å². The molecule has 2 amide bonds. The zero-order valence-corrected chi connectivity index (χ0v) is 18.9. The highest BCUT2D eigenvalue weighted by Gasteiger charge is 2.34. The molecule has 7 heteroatoms. The van der Waals surface area contributed by atoms with Crippen molar-refractivity contribution in [3.05, 3.63) is 78.4 Å². The van der Waals surface area contributed by atoms with Gasteiger partial charge in [-0.3, -0.25) is 9.59 Å². The molecule has 5 rings (SSSR count). The highest BCUT2D eigenvalue weighted by Crippen LogP contribution is 2.22. The number of para-hydroxylation sites is 1. The third kappa shape index (κ3) is 4.71. The van der Waals surface area contributed by atoms with Gasteiger partial charge < -0.3 is 15.7 Å². The van der Waals surface area contributed by atoms with E-state index in [-0.39, 0.29) is 24.1 Å². The standard InChI is InChI=1S/C27H28N4O3/c32-25-17-24(30-31(25)21-9-2-1-3-10-21)27(34)29-23(26(33)22-11-6-14-28-22)16-18-12-13-19-7-4-5-8-20(19)15-18/h1-5,7-10,12-13,15,22-23,26,28,33H,6,11,14,16-17H2,(H,29,34)/t22-,23-,26+/m1/s1. The molecule has 3 atom stereocenters. The molecule has 0 bridgehead atoms. The number of aliphatic hydroxyl groups is 1. The molecule has 2 heterocycles. The van der Waals surface area contributed by atoms with E-state index < -0.39 is 18.1 Å². The third-order valence-corrected chi connectivity index (χ3v) is 6.55. The van der Waals surface area contributed by atoms with Gasteiger partial charge >= 0.3 is 0 Å². The summed E-state index contributed by atoms with van der Waals surface area (Å²) in [5.74, 6) is -0.671. The van der Waals surface area contributed by atoms with Crippen molar-refractivity contribution < 1.29 is 14.7 Å². The normalized spacial score (nSPS) is 19.8. The predicted molar refractivity (Wildman–Crippen MR) is 133 cm³/mol. The molecule has 0 spiro atoms. The van der Waals surface area contributed by atoms with Crippen LogP contribution in [0.5, 0.6) is 0 Å². The molecule has 0 unspecified atom stereocenters. The molecule has 7 nitrogen and oxygen atoms in total. The number of nitrogens with zero attached hydrogens (tertiary/aromatic N) is 2. The maximum Gasteiger partial charge on any atom is 0.268 e. The monoisotopic (exact) mass is 456 g/mol. The molecule has 1 fully saturated rings. The summed E-state index contributed by atoms with van der Waals surface area (Å²) in [5, 5.41) is 25.3. The third-order valence-electron chi connectivity index (χ3n) is 6.55. The number of rotatable bonds is 7. The van der Waals surface area contributed by atoms with Gasteiger partial charge in [0.25, 0.3) is 11.8 Å². The number of amides is 2. The smallest absolute Gasteiger partial charge is 0.268 e. The number of carbonyl (C=O) groups excluding carboxylic acids is 2. The van der Waals surface area contributed by atoms with Gasteiger partial charge in [0.05, 0.1) is 24.3 Å². The van der Waals surface area contributed by atoms with Crippen LogP contribution in [-0.4, -0.2) is 47.4 Å². The van der Waals surface area contributed by atoms with Crippen molar-refractivity contribution >= 4 is 34.0 Å². The minimum Gasteiger partial charge on any atom is -0.389 e. The number of fused-ring (bicyclic) bond motifs is 1.